The minimum Gasteiger partial charge on any atom is -0.305 e. The summed E-state index contributed by atoms with van der Waals surface area (Å²) in [5.41, 5.74) is 1.31. The van der Waals surface area contributed by atoms with Gasteiger partial charge in [-0.3, -0.25) is 0 Å². The summed E-state index contributed by atoms with van der Waals surface area (Å²) >= 11 is 1.71. The van der Waals surface area contributed by atoms with Crippen LogP contribution < -0.4 is 5.32 Å². The molecule has 0 spiro atoms. The molecule has 7 heteroatoms. The van der Waals surface area contributed by atoms with E-state index in [-0.39, 0.29) is 24.3 Å². The second kappa shape index (κ2) is 7.49. The number of halogens is 2. The molecular formula is C15H16ClFN4S. The number of hydrogen-bond donors (Lipinski definition) is 1. The lowest BCUT2D eigenvalue weighted by atomic mass is 10.1. The Kier molecular flexibility index (Phi) is 5.65. The van der Waals surface area contributed by atoms with Crippen molar-refractivity contribution in [3.05, 3.63) is 64.6 Å². The SMILES string of the molecule is CC(NCc1ccc(-n2cncn2)c(F)c1)c1cccs1.Cl. The molecule has 1 unspecified atom stereocenters. The molecule has 0 aliphatic heterocycles. The van der Waals surface area contributed by atoms with Crippen molar-refractivity contribution in [2.45, 2.75) is 19.5 Å². The van der Waals surface area contributed by atoms with Crippen LogP contribution in [0.1, 0.15) is 23.4 Å². The minimum absolute atomic E-state index is 0. The average molecular weight is 339 g/mol. The Bertz CT molecular complexity index is 700. The van der Waals surface area contributed by atoms with Gasteiger partial charge in [0.2, 0.25) is 0 Å². The molecule has 0 saturated carbocycles. The molecule has 0 saturated heterocycles. The zero-order chi connectivity index (χ0) is 14.7. The number of benzene rings is 1. The molecule has 0 aliphatic carbocycles. The number of thiophene rings is 1. The summed E-state index contributed by atoms with van der Waals surface area (Å²) < 4.78 is 15.5. The summed E-state index contributed by atoms with van der Waals surface area (Å²) in [5.74, 6) is -0.302. The second-order valence-corrected chi connectivity index (χ2v) is 5.72. The molecule has 1 N–H and O–H groups in total. The highest BCUT2D eigenvalue weighted by molar-refractivity contribution is 7.10. The first-order valence-electron chi connectivity index (χ1n) is 6.64. The van der Waals surface area contributed by atoms with Crippen molar-refractivity contribution in [3.63, 3.8) is 0 Å². The van der Waals surface area contributed by atoms with E-state index in [0.717, 1.165) is 5.56 Å². The highest BCUT2D eigenvalue weighted by atomic mass is 35.5. The highest BCUT2D eigenvalue weighted by Crippen LogP contribution is 2.19. The molecule has 2 heterocycles. The van der Waals surface area contributed by atoms with Gasteiger partial charge in [0, 0.05) is 17.5 Å². The van der Waals surface area contributed by atoms with Crippen molar-refractivity contribution in [2.24, 2.45) is 0 Å². The van der Waals surface area contributed by atoms with E-state index in [1.807, 2.05) is 12.1 Å². The maximum atomic E-state index is 14.1. The van der Waals surface area contributed by atoms with Gasteiger partial charge in [0.25, 0.3) is 0 Å². The first kappa shape index (κ1) is 16.6. The van der Waals surface area contributed by atoms with Crippen LogP contribution in [0.3, 0.4) is 0 Å². The summed E-state index contributed by atoms with van der Waals surface area (Å²) in [6.07, 6.45) is 2.87. The van der Waals surface area contributed by atoms with Gasteiger partial charge in [0.1, 0.15) is 24.2 Å². The highest BCUT2D eigenvalue weighted by Gasteiger charge is 2.08. The van der Waals surface area contributed by atoms with E-state index in [1.165, 1.54) is 28.3 Å². The van der Waals surface area contributed by atoms with Crippen molar-refractivity contribution in [2.75, 3.05) is 0 Å². The van der Waals surface area contributed by atoms with Crippen LogP contribution in [0.4, 0.5) is 4.39 Å². The van der Waals surface area contributed by atoms with Crippen LogP contribution in [0.15, 0.2) is 48.4 Å². The fraction of sp³-hybridized carbons (Fsp3) is 0.200. The summed E-state index contributed by atoms with van der Waals surface area (Å²) in [6, 6.07) is 9.53. The predicted molar refractivity (Wildman–Crippen MR) is 88.1 cm³/mol. The Hall–Kier alpha value is -1.76. The number of hydrogen-bond acceptors (Lipinski definition) is 4. The molecule has 0 bridgehead atoms. The third kappa shape index (κ3) is 3.71. The Morgan fingerprint density at radius 3 is 2.86 bits per heavy atom. The molecule has 0 amide bonds. The average Bonchev–Trinajstić information content (AvgIpc) is 3.17. The van der Waals surface area contributed by atoms with Gasteiger partial charge >= 0.3 is 0 Å². The van der Waals surface area contributed by atoms with Gasteiger partial charge in [-0.25, -0.2) is 14.1 Å². The van der Waals surface area contributed by atoms with Gasteiger partial charge in [-0.2, -0.15) is 5.10 Å². The lowest BCUT2D eigenvalue weighted by Crippen LogP contribution is -2.17. The monoisotopic (exact) mass is 338 g/mol. The van der Waals surface area contributed by atoms with Crippen molar-refractivity contribution < 1.29 is 4.39 Å². The maximum absolute atomic E-state index is 14.1. The van der Waals surface area contributed by atoms with E-state index in [9.17, 15) is 4.39 Å². The molecule has 3 aromatic rings. The van der Waals surface area contributed by atoms with Crippen LogP contribution >= 0.6 is 23.7 Å². The van der Waals surface area contributed by atoms with E-state index in [2.05, 4.69) is 33.8 Å². The quantitative estimate of drug-likeness (QED) is 0.770. The lowest BCUT2D eigenvalue weighted by Gasteiger charge is -2.12. The molecule has 0 radical (unpaired) electrons. The molecule has 0 aliphatic rings. The molecular weight excluding hydrogens is 323 g/mol. The normalized spacial score (nSPS) is 11.9. The largest absolute Gasteiger partial charge is 0.305 e. The summed E-state index contributed by atoms with van der Waals surface area (Å²) in [4.78, 5) is 5.10. The Morgan fingerprint density at radius 2 is 2.23 bits per heavy atom. The van der Waals surface area contributed by atoms with E-state index < -0.39 is 0 Å². The van der Waals surface area contributed by atoms with E-state index >= 15 is 0 Å². The van der Waals surface area contributed by atoms with Crippen LogP contribution in [0.2, 0.25) is 0 Å². The fourth-order valence-corrected chi connectivity index (χ4v) is 2.85. The number of nitrogens with one attached hydrogen (secondary N) is 1. The molecule has 1 aromatic carbocycles. The van der Waals surface area contributed by atoms with Gasteiger partial charge in [0.05, 0.1) is 0 Å². The van der Waals surface area contributed by atoms with Crippen molar-refractivity contribution >= 4 is 23.7 Å². The van der Waals surface area contributed by atoms with Crippen molar-refractivity contribution in [1.82, 2.24) is 20.1 Å². The van der Waals surface area contributed by atoms with Gasteiger partial charge in [-0.05, 0) is 36.1 Å². The van der Waals surface area contributed by atoms with Crippen LogP contribution in [0.25, 0.3) is 5.69 Å². The fourth-order valence-electron chi connectivity index (χ4n) is 2.09. The van der Waals surface area contributed by atoms with Crippen molar-refractivity contribution in [3.8, 4) is 5.69 Å². The first-order valence-corrected chi connectivity index (χ1v) is 7.52. The Morgan fingerprint density at radius 1 is 1.36 bits per heavy atom. The van der Waals surface area contributed by atoms with Gasteiger partial charge in [-0.1, -0.05) is 12.1 Å². The zero-order valence-corrected chi connectivity index (χ0v) is 13.6. The number of aromatic nitrogens is 3. The summed E-state index contributed by atoms with van der Waals surface area (Å²) in [6.45, 7) is 2.72. The van der Waals surface area contributed by atoms with Crippen LogP contribution in [-0.4, -0.2) is 14.8 Å². The predicted octanol–water partition coefficient (Wildman–Crippen LogP) is 3.74. The minimum atomic E-state index is -0.302. The molecule has 116 valence electrons. The first-order chi connectivity index (χ1) is 10.2. The number of nitrogens with zero attached hydrogens (tertiary/aromatic N) is 3. The molecule has 3 rings (SSSR count). The third-order valence-electron chi connectivity index (χ3n) is 3.26. The maximum Gasteiger partial charge on any atom is 0.149 e. The summed E-state index contributed by atoms with van der Waals surface area (Å²) in [7, 11) is 0. The van der Waals surface area contributed by atoms with Gasteiger partial charge in [-0.15, -0.1) is 23.7 Å². The summed E-state index contributed by atoms with van der Waals surface area (Å²) in [5, 5.41) is 9.38. The van der Waals surface area contributed by atoms with E-state index in [4.69, 9.17) is 0 Å². The third-order valence-corrected chi connectivity index (χ3v) is 4.32. The van der Waals surface area contributed by atoms with Crippen molar-refractivity contribution in [1.29, 1.82) is 0 Å². The van der Waals surface area contributed by atoms with Gasteiger partial charge < -0.3 is 5.32 Å². The standard InChI is InChI=1S/C15H15FN4S.ClH/c1-11(15-3-2-6-21-15)18-8-12-4-5-14(13(16)7-12)20-10-17-9-19-20;/h2-7,9-11,18H,8H2,1H3;1H. The van der Waals surface area contributed by atoms with E-state index in [0.29, 0.717) is 12.2 Å². The molecule has 1 atom stereocenters. The van der Waals surface area contributed by atoms with Crippen LogP contribution in [0, 0.1) is 5.82 Å². The zero-order valence-electron chi connectivity index (χ0n) is 11.9. The second-order valence-electron chi connectivity index (χ2n) is 4.74. The molecule has 4 nitrogen and oxygen atoms in total. The van der Waals surface area contributed by atoms with Crippen LogP contribution in [-0.2, 0) is 6.54 Å². The Labute approximate surface area is 138 Å². The van der Waals surface area contributed by atoms with Gasteiger partial charge in [0.15, 0.2) is 0 Å². The lowest BCUT2D eigenvalue weighted by molar-refractivity contribution is 0.573. The molecule has 2 aromatic heterocycles. The Balaban J connectivity index is 0.00000176. The molecule has 22 heavy (non-hydrogen) atoms. The number of rotatable bonds is 5. The molecule has 0 fully saturated rings. The topological polar surface area (TPSA) is 42.7 Å². The van der Waals surface area contributed by atoms with E-state index in [1.54, 1.807) is 17.4 Å². The smallest absolute Gasteiger partial charge is 0.149 e. The van der Waals surface area contributed by atoms with Crippen LogP contribution in [0.5, 0.6) is 0 Å².